The fourth-order valence-corrected chi connectivity index (χ4v) is 4.90. The summed E-state index contributed by atoms with van der Waals surface area (Å²) in [6.07, 6.45) is 0. The number of hydrogen-bond acceptors (Lipinski definition) is 7. The molecule has 2 aromatic rings. The predicted molar refractivity (Wildman–Crippen MR) is 106 cm³/mol. The van der Waals surface area contributed by atoms with Crippen molar-refractivity contribution in [3.05, 3.63) is 40.4 Å². The zero-order valence-corrected chi connectivity index (χ0v) is 17.4. The van der Waals surface area contributed by atoms with Gasteiger partial charge in [-0.3, -0.25) is 9.59 Å². The van der Waals surface area contributed by atoms with E-state index in [9.17, 15) is 18.0 Å². The van der Waals surface area contributed by atoms with Crippen LogP contribution in [0.2, 0.25) is 0 Å². The fourth-order valence-electron chi connectivity index (χ4n) is 2.58. The number of aromatic nitrogens is 1. The summed E-state index contributed by atoms with van der Waals surface area (Å²) in [6, 6.07) is 5.91. The van der Waals surface area contributed by atoms with E-state index in [0.717, 1.165) is 0 Å². The Morgan fingerprint density at radius 2 is 1.74 bits per heavy atom. The number of carbonyl (C=O) groups is 2. The summed E-state index contributed by atoms with van der Waals surface area (Å²) in [5.41, 5.74) is 1.04. The Bertz CT molecular complexity index is 930. The zero-order chi connectivity index (χ0) is 20.2. The molecule has 1 aromatic carbocycles. The average Bonchev–Trinajstić information content (AvgIpc) is 3.01. The molecule has 0 atom stereocenters. The summed E-state index contributed by atoms with van der Waals surface area (Å²) in [5.74, 6) is -0.256. The van der Waals surface area contributed by atoms with Crippen LogP contribution in [0.15, 0.2) is 29.2 Å². The molecule has 0 saturated carbocycles. The lowest BCUT2D eigenvalue weighted by molar-refractivity contribution is 0.100. The number of benzene rings is 1. The topological polar surface area (TPSA) is 96.4 Å². The summed E-state index contributed by atoms with van der Waals surface area (Å²) in [5, 5.41) is 3.43. The Hall–Kier alpha value is -2.10. The lowest BCUT2D eigenvalue weighted by atomic mass is 10.1. The van der Waals surface area contributed by atoms with Gasteiger partial charge >= 0.3 is 0 Å². The predicted octanol–water partition coefficient (Wildman–Crippen LogP) is 2.98. The highest BCUT2D eigenvalue weighted by atomic mass is 32.2. The quantitative estimate of drug-likeness (QED) is 0.640. The molecule has 0 saturated heterocycles. The van der Waals surface area contributed by atoms with E-state index in [2.05, 4.69) is 10.3 Å². The van der Waals surface area contributed by atoms with Gasteiger partial charge in [0.05, 0.1) is 22.0 Å². The van der Waals surface area contributed by atoms with Gasteiger partial charge in [0, 0.05) is 25.6 Å². The normalized spacial score (nSPS) is 11.6. The van der Waals surface area contributed by atoms with Crippen molar-refractivity contribution in [2.75, 3.05) is 25.0 Å². The van der Waals surface area contributed by atoms with Crippen LogP contribution in [-0.4, -0.2) is 48.9 Å². The van der Waals surface area contributed by atoms with E-state index in [1.165, 1.54) is 46.8 Å². The molecule has 7 nitrogen and oxygen atoms in total. The maximum absolute atomic E-state index is 12.5. The van der Waals surface area contributed by atoms with Gasteiger partial charge < -0.3 is 5.32 Å². The average molecular weight is 410 g/mol. The maximum atomic E-state index is 12.5. The minimum atomic E-state index is -3.54. The Kier molecular flexibility index (Phi) is 6.85. The SMILES string of the molecule is CCN(CC)S(=O)(=O)c1ccc(C(=O)CNc2nc(C)c(C(C)=O)s2)cc1. The van der Waals surface area contributed by atoms with E-state index in [4.69, 9.17) is 0 Å². The molecule has 0 unspecified atom stereocenters. The first-order chi connectivity index (χ1) is 12.7. The number of carbonyl (C=O) groups excluding carboxylic acids is 2. The van der Waals surface area contributed by atoms with E-state index in [0.29, 0.717) is 34.4 Å². The van der Waals surface area contributed by atoms with Crippen molar-refractivity contribution in [2.24, 2.45) is 0 Å². The zero-order valence-electron chi connectivity index (χ0n) is 15.8. The van der Waals surface area contributed by atoms with Crippen LogP contribution in [0.25, 0.3) is 0 Å². The third-order valence-corrected chi connectivity index (χ3v) is 7.32. The van der Waals surface area contributed by atoms with Crippen LogP contribution < -0.4 is 5.32 Å². The molecule has 27 heavy (non-hydrogen) atoms. The van der Waals surface area contributed by atoms with Crippen molar-refractivity contribution in [3.8, 4) is 0 Å². The molecular formula is C18H23N3O4S2. The van der Waals surface area contributed by atoms with Crippen LogP contribution in [0.1, 0.15) is 46.5 Å². The van der Waals surface area contributed by atoms with Crippen molar-refractivity contribution in [2.45, 2.75) is 32.6 Å². The number of aryl methyl sites for hydroxylation is 1. The molecule has 1 aromatic heterocycles. The van der Waals surface area contributed by atoms with Gasteiger partial charge in [-0.25, -0.2) is 13.4 Å². The number of thiazole rings is 1. The van der Waals surface area contributed by atoms with Gasteiger partial charge in [0.15, 0.2) is 16.7 Å². The second kappa shape index (κ2) is 8.73. The highest BCUT2D eigenvalue weighted by Gasteiger charge is 2.21. The van der Waals surface area contributed by atoms with Crippen LogP contribution in [0.5, 0.6) is 0 Å². The summed E-state index contributed by atoms with van der Waals surface area (Å²) in [7, 11) is -3.54. The van der Waals surface area contributed by atoms with Crippen LogP contribution in [0, 0.1) is 6.92 Å². The van der Waals surface area contributed by atoms with Gasteiger partial charge in [-0.2, -0.15) is 4.31 Å². The van der Waals surface area contributed by atoms with Gasteiger partial charge in [-0.05, 0) is 31.2 Å². The maximum Gasteiger partial charge on any atom is 0.243 e. The first-order valence-corrected chi connectivity index (χ1v) is 10.8. The minimum Gasteiger partial charge on any atom is -0.354 e. The van der Waals surface area contributed by atoms with Gasteiger partial charge in [-0.1, -0.05) is 25.2 Å². The Labute approximate surface area is 163 Å². The fraction of sp³-hybridized carbons (Fsp3) is 0.389. The van der Waals surface area contributed by atoms with E-state index >= 15 is 0 Å². The number of anilines is 1. The number of Topliss-reactive ketones (excluding diaryl/α,β-unsaturated/α-hetero) is 2. The molecule has 1 heterocycles. The molecule has 0 bridgehead atoms. The second-order valence-electron chi connectivity index (χ2n) is 5.88. The summed E-state index contributed by atoms with van der Waals surface area (Å²) in [4.78, 5) is 28.8. The molecule has 0 fully saturated rings. The molecule has 0 aliphatic carbocycles. The van der Waals surface area contributed by atoms with Crippen molar-refractivity contribution in [1.29, 1.82) is 0 Å². The standard InChI is InChI=1S/C18H23N3O4S2/c1-5-21(6-2)27(24,25)15-9-7-14(8-10-15)16(23)11-19-18-20-12(3)17(26-18)13(4)22/h7-10H,5-6,11H2,1-4H3,(H,19,20). The molecule has 2 rings (SSSR count). The smallest absolute Gasteiger partial charge is 0.243 e. The molecule has 0 radical (unpaired) electrons. The van der Waals surface area contributed by atoms with E-state index in [1.54, 1.807) is 20.8 Å². The van der Waals surface area contributed by atoms with Crippen LogP contribution in [-0.2, 0) is 10.0 Å². The summed E-state index contributed by atoms with van der Waals surface area (Å²) < 4.78 is 26.3. The third kappa shape index (κ3) is 4.79. The first-order valence-electron chi connectivity index (χ1n) is 8.56. The van der Waals surface area contributed by atoms with Crippen molar-refractivity contribution >= 4 is 38.1 Å². The van der Waals surface area contributed by atoms with Crippen LogP contribution in [0.3, 0.4) is 0 Å². The van der Waals surface area contributed by atoms with Gasteiger partial charge in [0.25, 0.3) is 0 Å². The van der Waals surface area contributed by atoms with Gasteiger partial charge in [0.2, 0.25) is 10.0 Å². The third-order valence-electron chi connectivity index (χ3n) is 4.04. The number of sulfonamides is 1. The lowest BCUT2D eigenvalue weighted by Crippen LogP contribution is -2.30. The van der Waals surface area contributed by atoms with E-state index in [1.807, 2.05) is 0 Å². The van der Waals surface area contributed by atoms with E-state index in [-0.39, 0.29) is 23.0 Å². The van der Waals surface area contributed by atoms with Crippen molar-refractivity contribution in [3.63, 3.8) is 0 Å². The van der Waals surface area contributed by atoms with Crippen molar-refractivity contribution < 1.29 is 18.0 Å². The molecule has 0 aliphatic heterocycles. The Balaban J connectivity index is 2.08. The molecule has 9 heteroatoms. The minimum absolute atomic E-state index is 0.00639. The Morgan fingerprint density at radius 1 is 1.15 bits per heavy atom. The second-order valence-corrected chi connectivity index (χ2v) is 8.82. The van der Waals surface area contributed by atoms with Gasteiger partial charge in [0.1, 0.15) is 0 Å². The first kappa shape index (κ1) is 21.2. The highest BCUT2D eigenvalue weighted by molar-refractivity contribution is 7.89. The number of nitrogens with one attached hydrogen (secondary N) is 1. The van der Waals surface area contributed by atoms with Crippen molar-refractivity contribution in [1.82, 2.24) is 9.29 Å². The molecule has 146 valence electrons. The molecule has 0 amide bonds. The number of nitrogens with zero attached hydrogens (tertiary/aromatic N) is 2. The molecule has 1 N–H and O–H groups in total. The summed E-state index contributed by atoms with van der Waals surface area (Å²) in [6.45, 7) is 7.56. The van der Waals surface area contributed by atoms with Gasteiger partial charge in [-0.15, -0.1) is 0 Å². The number of hydrogen-bond donors (Lipinski definition) is 1. The van der Waals surface area contributed by atoms with Crippen LogP contribution >= 0.6 is 11.3 Å². The number of rotatable bonds is 9. The molecule has 0 aliphatic rings. The monoisotopic (exact) mass is 409 g/mol. The van der Waals surface area contributed by atoms with E-state index < -0.39 is 10.0 Å². The van der Waals surface area contributed by atoms with Crippen LogP contribution in [0.4, 0.5) is 5.13 Å². The highest BCUT2D eigenvalue weighted by Crippen LogP contribution is 2.23. The molecular weight excluding hydrogens is 386 g/mol. The number of ketones is 2. The lowest BCUT2D eigenvalue weighted by Gasteiger charge is -2.18. The Morgan fingerprint density at radius 3 is 2.22 bits per heavy atom. The summed E-state index contributed by atoms with van der Waals surface area (Å²) >= 11 is 1.21. The molecule has 0 spiro atoms. The largest absolute Gasteiger partial charge is 0.354 e.